The van der Waals surface area contributed by atoms with Crippen molar-refractivity contribution in [2.75, 3.05) is 32.1 Å². The van der Waals surface area contributed by atoms with Gasteiger partial charge in [0.2, 0.25) is 0 Å². The molecule has 1 N–H and O–H groups in total. The van der Waals surface area contributed by atoms with Gasteiger partial charge in [0.1, 0.15) is 5.82 Å². The molecule has 18 heavy (non-hydrogen) atoms. The summed E-state index contributed by atoms with van der Waals surface area (Å²) in [6, 6.07) is 5.40. The molecule has 1 atom stereocenters. The van der Waals surface area contributed by atoms with Crippen LogP contribution in [0.3, 0.4) is 0 Å². The van der Waals surface area contributed by atoms with E-state index < -0.39 is 0 Å². The molecule has 3 nitrogen and oxygen atoms in total. The zero-order valence-corrected chi connectivity index (χ0v) is 11.1. The summed E-state index contributed by atoms with van der Waals surface area (Å²) in [5.41, 5.74) is 1.29. The van der Waals surface area contributed by atoms with Gasteiger partial charge in [0.25, 0.3) is 0 Å². The standard InChI is InChI=1S/C14H21FN2O/c1-16(2)9-12-4-3-7-17(12)14-6-5-11(10-18)8-13(14)15/h5-6,8,12,18H,3-4,7,9-10H2,1-2H3. The van der Waals surface area contributed by atoms with Crippen LogP contribution in [-0.4, -0.2) is 43.2 Å². The summed E-state index contributed by atoms with van der Waals surface area (Å²) in [6.07, 6.45) is 2.22. The second-order valence-corrected chi connectivity index (χ2v) is 5.20. The summed E-state index contributed by atoms with van der Waals surface area (Å²) in [4.78, 5) is 4.29. The third kappa shape index (κ3) is 2.82. The van der Waals surface area contributed by atoms with Gasteiger partial charge in [-0.05, 0) is 44.6 Å². The molecule has 2 rings (SSSR count). The van der Waals surface area contributed by atoms with Crippen molar-refractivity contribution in [1.82, 2.24) is 4.90 Å². The molecule has 0 radical (unpaired) electrons. The number of aliphatic hydroxyl groups excluding tert-OH is 1. The van der Waals surface area contributed by atoms with E-state index in [0.717, 1.165) is 25.9 Å². The zero-order valence-electron chi connectivity index (χ0n) is 11.1. The number of halogens is 1. The monoisotopic (exact) mass is 252 g/mol. The average molecular weight is 252 g/mol. The first-order valence-corrected chi connectivity index (χ1v) is 6.42. The van der Waals surface area contributed by atoms with Crippen LogP contribution in [0.2, 0.25) is 0 Å². The van der Waals surface area contributed by atoms with Crippen molar-refractivity contribution in [3.8, 4) is 0 Å². The van der Waals surface area contributed by atoms with Crippen molar-refractivity contribution in [3.05, 3.63) is 29.6 Å². The Bertz CT molecular complexity index is 409. The third-order valence-corrected chi connectivity index (χ3v) is 3.46. The lowest BCUT2D eigenvalue weighted by molar-refractivity contribution is 0.281. The molecule has 4 heteroatoms. The minimum Gasteiger partial charge on any atom is -0.392 e. The number of rotatable bonds is 4. The number of nitrogens with zero attached hydrogens (tertiary/aromatic N) is 2. The molecule has 0 saturated carbocycles. The van der Waals surface area contributed by atoms with Gasteiger partial charge < -0.3 is 14.9 Å². The van der Waals surface area contributed by atoms with Crippen LogP contribution in [0.1, 0.15) is 18.4 Å². The lowest BCUT2D eigenvalue weighted by Gasteiger charge is -2.29. The summed E-state index contributed by atoms with van der Waals surface area (Å²) >= 11 is 0. The molecule has 100 valence electrons. The van der Waals surface area contributed by atoms with E-state index in [4.69, 9.17) is 5.11 Å². The quantitative estimate of drug-likeness (QED) is 0.886. The molecular weight excluding hydrogens is 231 g/mol. The lowest BCUT2D eigenvalue weighted by Crippen LogP contribution is -2.38. The maximum atomic E-state index is 14.0. The van der Waals surface area contributed by atoms with Gasteiger partial charge in [-0.25, -0.2) is 4.39 Å². The van der Waals surface area contributed by atoms with E-state index in [-0.39, 0.29) is 12.4 Å². The van der Waals surface area contributed by atoms with E-state index in [1.165, 1.54) is 6.07 Å². The fourth-order valence-electron chi connectivity index (χ4n) is 2.65. The molecule has 1 unspecified atom stereocenters. The van der Waals surface area contributed by atoms with Gasteiger partial charge in [-0.1, -0.05) is 6.07 Å². The van der Waals surface area contributed by atoms with Crippen LogP contribution in [0.15, 0.2) is 18.2 Å². The molecule has 1 aromatic rings. The molecule has 1 heterocycles. The molecule has 1 aromatic carbocycles. The van der Waals surface area contributed by atoms with E-state index in [1.54, 1.807) is 12.1 Å². The number of likely N-dealkylation sites (N-methyl/N-ethyl adjacent to an activating group) is 1. The number of hydrogen-bond donors (Lipinski definition) is 1. The molecule has 1 aliphatic heterocycles. The summed E-state index contributed by atoms with van der Waals surface area (Å²) in [7, 11) is 4.09. The zero-order chi connectivity index (χ0) is 13.1. The molecule has 1 saturated heterocycles. The SMILES string of the molecule is CN(C)CC1CCCN1c1ccc(CO)cc1F. The summed E-state index contributed by atoms with van der Waals surface area (Å²) < 4.78 is 14.0. The van der Waals surface area contributed by atoms with Crippen molar-refractivity contribution in [2.24, 2.45) is 0 Å². The van der Waals surface area contributed by atoms with E-state index >= 15 is 0 Å². The highest BCUT2D eigenvalue weighted by molar-refractivity contribution is 5.51. The van der Waals surface area contributed by atoms with Crippen molar-refractivity contribution in [1.29, 1.82) is 0 Å². The highest BCUT2D eigenvalue weighted by Gasteiger charge is 2.26. The van der Waals surface area contributed by atoms with Crippen LogP contribution in [0.4, 0.5) is 10.1 Å². The van der Waals surface area contributed by atoms with Gasteiger partial charge in [-0.2, -0.15) is 0 Å². The van der Waals surface area contributed by atoms with Gasteiger partial charge in [0, 0.05) is 19.1 Å². The van der Waals surface area contributed by atoms with Crippen LogP contribution in [-0.2, 0) is 6.61 Å². The predicted octanol–water partition coefficient (Wildman–Crippen LogP) is 1.85. The Morgan fingerprint density at radius 2 is 2.22 bits per heavy atom. The van der Waals surface area contributed by atoms with Crippen molar-refractivity contribution in [3.63, 3.8) is 0 Å². The number of anilines is 1. The second-order valence-electron chi connectivity index (χ2n) is 5.20. The normalized spacial score (nSPS) is 19.8. The first-order chi connectivity index (χ1) is 8.61. The van der Waals surface area contributed by atoms with Crippen molar-refractivity contribution in [2.45, 2.75) is 25.5 Å². The number of benzene rings is 1. The van der Waals surface area contributed by atoms with Gasteiger partial charge in [-0.3, -0.25) is 0 Å². The molecule has 0 spiro atoms. The summed E-state index contributed by atoms with van der Waals surface area (Å²) in [6.45, 7) is 1.74. The van der Waals surface area contributed by atoms with Gasteiger partial charge in [0.15, 0.2) is 0 Å². The van der Waals surface area contributed by atoms with Crippen LogP contribution < -0.4 is 4.90 Å². The fraction of sp³-hybridized carbons (Fsp3) is 0.571. The minimum atomic E-state index is -0.229. The highest BCUT2D eigenvalue weighted by atomic mass is 19.1. The lowest BCUT2D eigenvalue weighted by atomic mass is 10.1. The Morgan fingerprint density at radius 1 is 1.44 bits per heavy atom. The molecule has 0 aromatic heterocycles. The Balaban J connectivity index is 2.19. The van der Waals surface area contributed by atoms with Crippen LogP contribution in [0.5, 0.6) is 0 Å². The summed E-state index contributed by atoms with van der Waals surface area (Å²) in [5, 5.41) is 9.00. The predicted molar refractivity (Wildman–Crippen MR) is 71.2 cm³/mol. The Labute approximate surface area is 108 Å². The van der Waals surface area contributed by atoms with Gasteiger partial charge in [0.05, 0.1) is 12.3 Å². The number of aliphatic hydroxyl groups is 1. The van der Waals surface area contributed by atoms with E-state index in [2.05, 4.69) is 9.80 Å². The Hall–Kier alpha value is -1.13. The Kier molecular flexibility index (Phi) is 4.19. The Morgan fingerprint density at radius 3 is 2.83 bits per heavy atom. The fourth-order valence-corrected chi connectivity index (χ4v) is 2.65. The largest absolute Gasteiger partial charge is 0.392 e. The second kappa shape index (κ2) is 5.67. The third-order valence-electron chi connectivity index (χ3n) is 3.46. The summed E-state index contributed by atoms with van der Waals surface area (Å²) in [5.74, 6) is -0.229. The smallest absolute Gasteiger partial charge is 0.146 e. The molecule has 0 amide bonds. The average Bonchev–Trinajstić information content (AvgIpc) is 2.76. The molecule has 0 bridgehead atoms. The first-order valence-electron chi connectivity index (χ1n) is 6.42. The molecular formula is C14H21FN2O. The topological polar surface area (TPSA) is 26.7 Å². The van der Waals surface area contributed by atoms with E-state index in [9.17, 15) is 4.39 Å². The molecule has 0 aliphatic carbocycles. The van der Waals surface area contributed by atoms with E-state index in [1.807, 2.05) is 14.1 Å². The maximum absolute atomic E-state index is 14.0. The highest BCUT2D eigenvalue weighted by Crippen LogP contribution is 2.28. The van der Waals surface area contributed by atoms with Crippen LogP contribution in [0.25, 0.3) is 0 Å². The first kappa shape index (κ1) is 13.3. The van der Waals surface area contributed by atoms with Crippen molar-refractivity contribution >= 4 is 5.69 Å². The minimum absolute atomic E-state index is 0.113. The molecule has 1 fully saturated rings. The van der Waals surface area contributed by atoms with E-state index in [0.29, 0.717) is 17.3 Å². The molecule has 1 aliphatic rings. The van der Waals surface area contributed by atoms with Crippen LogP contribution >= 0.6 is 0 Å². The van der Waals surface area contributed by atoms with Gasteiger partial charge >= 0.3 is 0 Å². The van der Waals surface area contributed by atoms with Crippen molar-refractivity contribution < 1.29 is 9.50 Å². The number of hydrogen-bond acceptors (Lipinski definition) is 3. The van der Waals surface area contributed by atoms with Crippen LogP contribution in [0, 0.1) is 5.82 Å². The van der Waals surface area contributed by atoms with Gasteiger partial charge in [-0.15, -0.1) is 0 Å². The maximum Gasteiger partial charge on any atom is 0.146 e.